The molecule has 114 valence electrons. The van der Waals surface area contributed by atoms with E-state index < -0.39 is 0 Å². The molecule has 0 aromatic heterocycles. The summed E-state index contributed by atoms with van der Waals surface area (Å²) < 4.78 is 0. The molecule has 1 aromatic carbocycles. The maximum absolute atomic E-state index is 12.3. The Morgan fingerprint density at radius 3 is 2.48 bits per heavy atom. The summed E-state index contributed by atoms with van der Waals surface area (Å²) in [5.74, 6) is 1.21. The van der Waals surface area contributed by atoms with Crippen molar-refractivity contribution in [2.45, 2.75) is 39.2 Å². The number of benzene rings is 1. The number of oxime groups is 1. The molecule has 0 saturated heterocycles. The van der Waals surface area contributed by atoms with Crippen LogP contribution in [-0.4, -0.2) is 23.0 Å². The number of carbonyl (C=O) groups excluding carboxylic acids is 1. The lowest BCUT2D eigenvalue weighted by molar-refractivity contribution is 0.0926. The molecular formula is C16H23N3O2. The average molecular weight is 289 g/mol. The zero-order valence-electron chi connectivity index (χ0n) is 12.5. The van der Waals surface area contributed by atoms with Gasteiger partial charge < -0.3 is 16.3 Å². The van der Waals surface area contributed by atoms with Crippen LogP contribution in [0.25, 0.3) is 0 Å². The van der Waals surface area contributed by atoms with Crippen LogP contribution < -0.4 is 11.1 Å². The largest absolute Gasteiger partial charge is 0.409 e. The smallest absolute Gasteiger partial charge is 0.251 e. The summed E-state index contributed by atoms with van der Waals surface area (Å²) in [4.78, 5) is 12.3. The molecule has 1 amide bonds. The van der Waals surface area contributed by atoms with Crippen LogP contribution in [0.3, 0.4) is 0 Å². The summed E-state index contributed by atoms with van der Waals surface area (Å²) in [7, 11) is 0. The summed E-state index contributed by atoms with van der Waals surface area (Å²) in [5, 5.41) is 14.7. The van der Waals surface area contributed by atoms with Gasteiger partial charge >= 0.3 is 0 Å². The molecule has 1 aliphatic carbocycles. The number of amidine groups is 1. The van der Waals surface area contributed by atoms with Crippen LogP contribution in [-0.2, 0) is 0 Å². The molecule has 1 fully saturated rings. The van der Waals surface area contributed by atoms with Gasteiger partial charge in [-0.1, -0.05) is 37.6 Å². The van der Waals surface area contributed by atoms with Crippen LogP contribution in [0.2, 0.25) is 0 Å². The molecule has 1 saturated carbocycles. The van der Waals surface area contributed by atoms with Gasteiger partial charge in [-0.25, -0.2) is 0 Å². The minimum absolute atomic E-state index is 0.0390. The number of hydrogen-bond donors (Lipinski definition) is 3. The Hall–Kier alpha value is -2.04. The van der Waals surface area contributed by atoms with Gasteiger partial charge in [0.05, 0.1) is 0 Å². The van der Waals surface area contributed by atoms with Crippen molar-refractivity contribution < 1.29 is 10.0 Å². The molecule has 2 rings (SSSR count). The van der Waals surface area contributed by atoms with Crippen LogP contribution in [0, 0.1) is 11.8 Å². The Morgan fingerprint density at radius 2 is 1.95 bits per heavy atom. The van der Waals surface area contributed by atoms with E-state index in [1.54, 1.807) is 24.3 Å². The maximum atomic E-state index is 12.3. The molecule has 0 heterocycles. The molecule has 5 heteroatoms. The van der Waals surface area contributed by atoms with Gasteiger partial charge in [0, 0.05) is 17.2 Å². The molecule has 0 radical (unpaired) electrons. The lowest BCUT2D eigenvalue weighted by Gasteiger charge is -2.21. The topological polar surface area (TPSA) is 87.7 Å². The summed E-state index contributed by atoms with van der Waals surface area (Å²) in [6.45, 7) is 4.42. The fraction of sp³-hybridized carbons (Fsp3) is 0.500. The molecule has 21 heavy (non-hydrogen) atoms. The quantitative estimate of drug-likeness (QED) is 0.344. The summed E-state index contributed by atoms with van der Waals surface area (Å²) in [6, 6.07) is 7.00. The van der Waals surface area contributed by atoms with Crippen molar-refractivity contribution in [3.63, 3.8) is 0 Å². The predicted octanol–water partition coefficient (Wildman–Crippen LogP) is 2.34. The molecule has 3 unspecified atom stereocenters. The lowest BCUT2D eigenvalue weighted by atomic mass is 9.93. The predicted molar refractivity (Wildman–Crippen MR) is 82.4 cm³/mol. The number of rotatable bonds is 4. The normalized spacial score (nSPS) is 25.8. The van der Waals surface area contributed by atoms with Crippen molar-refractivity contribution in [3.05, 3.63) is 35.4 Å². The van der Waals surface area contributed by atoms with Gasteiger partial charge in [-0.2, -0.15) is 0 Å². The van der Waals surface area contributed by atoms with E-state index in [1.807, 2.05) is 0 Å². The minimum atomic E-state index is -0.0605. The van der Waals surface area contributed by atoms with Crippen molar-refractivity contribution in [3.8, 4) is 0 Å². The van der Waals surface area contributed by atoms with Crippen LogP contribution in [0.15, 0.2) is 29.4 Å². The SMILES string of the molecule is CCC1CCC(NC(=O)c2ccc(C(N)=NO)cc2)C1C. The van der Waals surface area contributed by atoms with Crippen molar-refractivity contribution in [1.82, 2.24) is 5.32 Å². The van der Waals surface area contributed by atoms with E-state index in [0.29, 0.717) is 23.0 Å². The number of amides is 1. The highest BCUT2D eigenvalue weighted by Crippen LogP contribution is 2.33. The van der Waals surface area contributed by atoms with E-state index in [9.17, 15) is 4.79 Å². The Kier molecular flexibility index (Phi) is 4.83. The molecule has 0 bridgehead atoms. The fourth-order valence-electron chi connectivity index (χ4n) is 3.13. The number of nitrogens with two attached hydrogens (primary N) is 1. The first-order valence-corrected chi connectivity index (χ1v) is 7.45. The van der Waals surface area contributed by atoms with Crippen LogP contribution >= 0.6 is 0 Å². The maximum Gasteiger partial charge on any atom is 0.251 e. The van der Waals surface area contributed by atoms with Gasteiger partial charge in [0.25, 0.3) is 5.91 Å². The third-order valence-electron chi connectivity index (χ3n) is 4.62. The molecular weight excluding hydrogens is 266 g/mol. The first kappa shape index (κ1) is 15.4. The summed E-state index contributed by atoms with van der Waals surface area (Å²) in [5.41, 5.74) is 6.69. The van der Waals surface area contributed by atoms with Gasteiger partial charge in [-0.3, -0.25) is 4.79 Å². The van der Waals surface area contributed by atoms with Crippen molar-refractivity contribution in [2.75, 3.05) is 0 Å². The van der Waals surface area contributed by atoms with Crippen LogP contribution in [0.4, 0.5) is 0 Å². The van der Waals surface area contributed by atoms with Gasteiger partial charge in [0.1, 0.15) is 0 Å². The van der Waals surface area contributed by atoms with E-state index in [-0.39, 0.29) is 17.8 Å². The standard InChI is InChI=1S/C16H23N3O2/c1-3-11-8-9-14(10(11)2)18-16(20)13-6-4-12(5-7-13)15(17)19-21/h4-7,10-11,14,21H,3,8-9H2,1-2H3,(H2,17,19)(H,18,20). The highest BCUT2D eigenvalue weighted by atomic mass is 16.4. The molecule has 1 aromatic rings. The Morgan fingerprint density at radius 1 is 1.33 bits per heavy atom. The molecule has 5 nitrogen and oxygen atoms in total. The average Bonchev–Trinajstić information content (AvgIpc) is 2.87. The molecule has 3 atom stereocenters. The first-order chi connectivity index (χ1) is 10.1. The van der Waals surface area contributed by atoms with Crippen LogP contribution in [0.5, 0.6) is 0 Å². The number of nitrogens with one attached hydrogen (secondary N) is 1. The second-order valence-corrected chi connectivity index (χ2v) is 5.75. The Labute approximate surface area is 125 Å². The Balaban J connectivity index is 2.01. The van der Waals surface area contributed by atoms with E-state index in [2.05, 4.69) is 24.3 Å². The second kappa shape index (κ2) is 6.61. The highest BCUT2D eigenvalue weighted by molar-refractivity contribution is 5.99. The number of carbonyl (C=O) groups is 1. The lowest BCUT2D eigenvalue weighted by Crippen LogP contribution is -2.37. The second-order valence-electron chi connectivity index (χ2n) is 5.75. The van der Waals surface area contributed by atoms with Gasteiger partial charge in [-0.05, 0) is 36.8 Å². The fourth-order valence-corrected chi connectivity index (χ4v) is 3.13. The molecule has 0 spiro atoms. The molecule has 1 aliphatic rings. The third kappa shape index (κ3) is 3.35. The number of hydrogen-bond acceptors (Lipinski definition) is 3. The van der Waals surface area contributed by atoms with Gasteiger partial charge in [0.15, 0.2) is 5.84 Å². The first-order valence-electron chi connectivity index (χ1n) is 7.45. The zero-order chi connectivity index (χ0) is 15.4. The van der Waals surface area contributed by atoms with E-state index in [0.717, 1.165) is 6.42 Å². The molecule has 4 N–H and O–H groups in total. The van der Waals surface area contributed by atoms with Gasteiger partial charge in [-0.15, -0.1) is 0 Å². The van der Waals surface area contributed by atoms with E-state index >= 15 is 0 Å². The highest BCUT2D eigenvalue weighted by Gasteiger charge is 2.32. The Bertz CT molecular complexity index is 525. The molecule has 0 aliphatic heterocycles. The number of nitrogens with zero attached hydrogens (tertiary/aromatic N) is 1. The zero-order valence-corrected chi connectivity index (χ0v) is 12.5. The van der Waals surface area contributed by atoms with E-state index in [1.165, 1.54) is 12.8 Å². The third-order valence-corrected chi connectivity index (χ3v) is 4.62. The van der Waals surface area contributed by atoms with Gasteiger partial charge in [0.2, 0.25) is 0 Å². The van der Waals surface area contributed by atoms with Crippen LogP contribution in [0.1, 0.15) is 49.0 Å². The van der Waals surface area contributed by atoms with Crippen molar-refractivity contribution in [1.29, 1.82) is 0 Å². The van der Waals surface area contributed by atoms with Crippen molar-refractivity contribution >= 4 is 11.7 Å². The van der Waals surface area contributed by atoms with E-state index in [4.69, 9.17) is 10.9 Å². The summed E-state index contributed by atoms with van der Waals surface area (Å²) >= 11 is 0. The minimum Gasteiger partial charge on any atom is -0.409 e. The summed E-state index contributed by atoms with van der Waals surface area (Å²) in [6.07, 6.45) is 3.40. The monoisotopic (exact) mass is 289 g/mol. The van der Waals surface area contributed by atoms with Crippen molar-refractivity contribution in [2.24, 2.45) is 22.7 Å².